The van der Waals surface area contributed by atoms with Gasteiger partial charge in [0.2, 0.25) is 0 Å². The summed E-state index contributed by atoms with van der Waals surface area (Å²) < 4.78 is 10.5. The average molecular weight is 387 g/mol. The van der Waals surface area contributed by atoms with Gasteiger partial charge in [-0.15, -0.1) is 0 Å². The van der Waals surface area contributed by atoms with E-state index in [1.807, 2.05) is 26.0 Å². The van der Waals surface area contributed by atoms with Gasteiger partial charge in [0.15, 0.2) is 0 Å². The number of rotatable bonds is 5. The zero-order valence-corrected chi connectivity index (χ0v) is 16.2. The third kappa shape index (κ3) is 3.36. The minimum absolute atomic E-state index is 0.00630. The Labute approximate surface area is 162 Å². The van der Waals surface area contributed by atoms with E-state index in [2.05, 4.69) is 5.32 Å². The van der Waals surface area contributed by atoms with Gasteiger partial charge in [-0.05, 0) is 37.6 Å². The fourth-order valence-electron chi connectivity index (χ4n) is 2.93. The normalized spacial score (nSPS) is 14.0. The molecule has 0 bridgehead atoms. The molecule has 140 valence electrons. The second-order valence-corrected chi connectivity index (χ2v) is 6.49. The Kier molecular flexibility index (Phi) is 5.10. The van der Waals surface area contributed by atoms with Gasteiger partial charge in [0.1, 0.15) is 22.2 Å². The van der Waals surface area contributed by atoms with Crippen molar-refractivity contribution in [1.29, 1.82) is 0 Å². The molecule has 0 radical (unpaired) electrons. The van der Waals surface area contributed by atoms with Crippen molar-refractivity contribution in [2.75, 3.05) is 24.4 Å². The Morgan fingerprint density at radius 1 is 0.963 bits per heavy atom. The smallest absolute Gasteiger partial charge is 0.283 e. The van der Waals surface area contributed by atoms with Gasteiger partial charge in [-0.3, -0.25) is 9.59 Å². The molecule has 2 amide bonds. The van der Waals surface area contributed by atoms with Crippen molar-refractivity contribution < 1.29 is 19.1 Å². The second kappa shape index (κ2) is 7.32. The molecule has 1 aliphatic heterocycles. The van der Waals surface area contributed by atoms with Crippen LogP contribution in [0.3, 0.4) is 0 Å². The summed E-state index contributed by atoms with van der Waals surface area (Å²) >= 11 is 6.20. The Balaban J connectivity index is 1.98. The fraction of sp³-hybridized carbons (Fsp3) is 0.200. The number of methoxy groups -OCH3 is 2. The van der Waals surface area contributed by atoms with Crippen molar-refractivity contribution >= 4 is 34.8 Å². The lowest BCUT2D eigenvalue weighted by Gasteiger charge is -2.18. The van der Waals surface area contributed by atoms with Crippen molar-refractivity contribution in [3.63, 3.8) is 0 Å². The van der Waals surface area contributed by atoms with E-state index in [1.54, 1.807) is 24.3 Å². The first-order chi connectivity index (χ1) is 12.9. The van der Waals surface area contributed by atoms with E-state index < -0.39 is 11.8 Å². The number of imide groups is 1. The van der Waals surface area contributed by atoms with E-state index in [-0.39, 0.29) is 10.7 Å². The van der Waals surface area contributed by atoms with E-state index in [9.17, 15) is 9.59 Å². The third-order valence-electron chi connectivity index (χ3n) is 4.29. The number of benzene rings is 2. The molecule has 2 aromatic rings. The number of aryl methyl sites for hydroxylation is 2. The van der Waals surface area contributed by atoms with Crippen LogP contribution in [0, 0.1) is 13.8 Å². The van der Waals surface area contributed by atoms with Gasteiger partial charge in [0, 0.05) is 6.07 Å². The highest BCUT2D eigenvalue weighted by Crippen LogP contribution is 2.35. The summed E-state index contributed by atoms with van der Waals surface area (Å²) in [5.41, 5.74) is 2.81. The quantitative estimate of drug-likeness (QED) is 0.792. The molecule has 0 aromatic heterocycles. The van der Waals surface area contributed by atoms with E-state index >= 15 is 0 Å². The summed E-state index contributed by atoms with van der Waals surface area (Å²) in [5.74, 6) is -0.0455. The SMILES string of the molecule is COc1ccc(OC)c(NC2=C(Cl)C(=O)N(c3ccc(C)cc3C)C2=O)c1. The molecule has 2 aromatic carbocycles. The molecule has 0 saturated carbocycles. The number of nitrogens with zero attached hydrogens (tertiary/aromatic N) is 1. The van der Waals surface area contributed by atoms with Gasteiger partial charge in [-0.25, -0.2) is 4.90 Å². The van der Waals surface area contributed by atoms with Crippen LogP contribution in [0.1, 0.15) is 11.1 Å². The maximum Gasteiger partial charge on any atom is 0.283 e. The van der Waals surface area contributed by atoms with Gasteiger partial charge in [-0.1, -0.05) is 29.3 Å². The summed E-state index contributed by atoms with van der Waals surface area (Å²) in [5, 5.41) is 2.75. The van der Waals surface area contributed by atoms with E-state index in [0.29, 0.717) is 22.9 Å². The zero-order valence-electron chi connectivity index (χ0n) is 15.4. The molecular weight excluding hydrogens is 368 g/mol. The molecular formula is C20H19ClN2O4. The number of hydrogen-bond acceptors (Lipinski definition) is 5. The van der Waals surface area contributed by atoms with Gasteiger partial charge >= 0.3 is 0 Å². The number of amides is 2. The lowest BCUT2D eigenvalue weighted by atomic mass is 10.1. The van der Waals surface area contributed by atoms with Gasteiger partial charge in [-0.2, -0.15) is 0 Å². The van der Waals surface area contributed by atoms with E-state index in [1.165, 1.54) is 14.2 Å². The topological polar surface area (TPSA) is 67.9 Å². The van der Waals surface area contributed by atoms with Gasteiger partial charge < -0.3 is 14.8 Å². The molecule has 1 aliphatic rings. The first-order valence-electron chi connectivity index (χ1n) is 8.22. The van der Waals surface area contributed by atoms with Crippen LogP contribution in [0.5, 0.6) is 11.5 Å². The summed E-state index contributed by atoms with van der Waals surface area (Å²) in [6.45, 7) is 3.78. The first kappa shape index (κ1) is 18.8. The minimum atomic E-state index is -0.571. The van der Waals surface area contributed by atoms with Crippen molar-refractivity contribution in [3.05, 3.63) is 58.3 Å². The molecule has 0 spiro atoms. The fourth-order valence-corrected chi connectivity index (χ4v) is 3.15. The Hall–Kier alpha value is -2.99. The van der Waals surface area contributed by atoms with Crippen LogP contribution in [0.4, 0.5) is 11.4 Å². The van der Waals surface area contributed by atoms with Gasteiger partial charge in [0.05, 0.1) is 25.6 Å². The molecule has 6 nitrogen and oxygen atoms in total. The Morgan fingerprint density at radius 3 is 2.33 bits per heavy atom. The van der Waals surface area contributed by atoms with Crippen LogP contribution < -0.4 is 19.7 Å². The summed E-state index contributed by atoms with van der Waals surface area (Å²) in [6.07, 6.45) is 0. The number of carbonyl (C=O) groups is 2. The molecule has 7 heteroatoms. The van der Waals surface area contributed by atoms with Crippen molar-refractivity contribution in [3.8, 4) is 11.5 Å². The predicted molar refractivity (Wildman–Crippen MR) is 104 cm³/mol. The van der Waals surface area contributed by atoms with Crippen LogP contribution in [-0.4, -0.2) is 26.0 Å². The Bertz CT molecular complexity index is 968. The predicted octanol–water partition coefficient (Wildman–Crippen LogP) is 3.76. The Morgan fingerprint density at radius 2 is 1.70 bits per heavy atom. The lowest BCUT2D eigenvalue weighted by molar-refractivity contribution is -0.120. The van der Waals surface area contributed by atoms with Crippen LogP contribution in [0.25, 0.3) is 0 Å². The highest BCUT2D eigenvalue weighted by atomic mass is 35.5. The number of anilines is 2. The largest absolute Gasteiger partial charge is 0.497 e. The molecule has 0 unspecified atom stereocenters. The highest BCUT2D eigenvalue weighted by molar-refractivity contribution is 6.53. The molecule has 0 saturated heterocycles. The maximum absolute atomic E-state index is 13.0. The number of halogens is 1. The first-order valence-corrected chi connectivity index (χ1v) is 8.60. The third-order valence-corrected chi connectivity index (χ3v) is 4.64. The van der Waals surface area contributed by atoms with E-state index in [0.717, 1.165) is 16.0 Å². The summed E-state index contributed by atoms with van der Waals surface area (Å²) in [6, 6.07) is 10.6. The standard InChI is InChI=1S/C20H19ClN2O4/c1-11-5-7-15(12(2)9-11)23-19(24)17(21)18(20(23)25)22-14-10-13(26-3)6-8-16(14)27-4/h5-10,22H,1-4H3. The monoisotopic (exact) mass is 386 g/mol. The van der Waals surface area contributed by atoms with Crippen LogP contribution in [0.15, 0.2) is 47.1 Å². The number of hydrogen-bond donors (Lipinski definition) is 1. The molecule has 0 aliphatic carbocycles. The minimum Gasteiger partial charge on any atom is -0.497 e. The number of ether oxygens (including phenoxy) is 2. The van der Waals surface area contributed by atoms with Crippen LogP contribution >= 0.6 is 11.6 Å². The maximum atomic E-state index is 13.0. The van der Waals surface area contributed by atoms with Crippen molar-refractivity contribution in [2.24, 2.45) is 0 Å². The number of nitrogens with one attached hydrogen (secondary N) is 1. The van der Waals surface area contributed by atoms with Crippen molar-refractivity contribution in [1.82, 2.24) is 0 Å². The highest BCUT2D eigenvalue weighted by Gasteiger charge is 2.39. The molecule has 1 N–H and O–H groups in total. The molecule has 1 heterocycles. The zero-order chi connectivity index (χ0) is 19.7. The van der Waals surface area contributed by atoms with E-state index in [4.69, 9.17) is 21.1 Å². The molecule has 0 atom stereocenters. The average Bonchev–Trinajstić information content (AvgIpc) is 2.85. The number of carbonyl (C=O) groups excluding carboxylic acids is 2. The molecule has 27 heavy (non-hydrogen) atoms. The van der Waals surface area contributed by atoms with Crippen LogP contribution in [0.2, 0.25) is 0 Å². The van der Waals surface area contributed by atoms with Crippen molar-refractivity contribution in [2.45, 2.75) is 13.8 Å². The molecule has 0 fully saturated rings. The van der Waals surface area contributed by atoms with Gasteiger partial charge in [0.25, 0.3) is 11.8 Å². The van der Waals surface area contributed by atoms with Crippen LogP contribution in [-0.2, 0) is 9.59 Å². The summed E-state index contributed by atoms with van der Waals surface area (Å²) in [7, 11) is 3.04. The lowest BCUT2D eigenvalue weighted by Crippen LogP contribution is -2.32. The summed E-state index contributed by atoms with van der Waals surface area (Å²) in [4.78, 5) is 26.7. The molecule has 3 rings (SSSR count). The second-order valence-electron chi connectivity index (χ2n) is 6.12.